The Kier molecular flexibility index (Phi) is 24.1. The lowest BCUT2D eigenvalue weighted by Gasteiger charge is -2.18. The van der Waals surface area contributed by atoms with Crippen LogP contribution < -0.4 is 64.5 Å². The van der Waals surface area contributed by atoms with Crippen molar-refractivity contribution in [3.8, 4) is 45.4 Å². The molecule has 0 radical (unpaired) electrons. The molecule has 16 aromatic rings. The van der Waals surface area contributed by atoms with Crippen molar-refractivity contribution in [3.05, 3.63) is 229 Å². The van der Waals surface area contributed by atoms with Gasteiger partial charge in [-0.25, -0.2) is 9.59 Å². The summed E-state index contributed by atoms with van der Waals surface area (Å²) in [5, 5.41) is 59.3. The highest BCUT2D eigenvalue weighted by atomic mass is 35.5. The topological polar surface area (TPSA) is 382 Å². The van der Waals surface area contributed by atoms with E-state index in [1.807, 2.05) is 95.4 Å². The molecule has 11 heterocycles. The van der Waals surface area contributed by atoms with Crippen molar-refractivity contribution in [3.63, 3.8) is 0 Å². The number of amides is 1. The van der Waals surface area contributed by atoms with Gasteiger partial charge < -0.3 is 35.5 Å². The Morgan fingerprint density at radius 3 is 1.27 bits per heavy atom. The molecule has 5 aliphatic rings. The van der Waals surface area contributed by atoms with Crippen molar-refractivity contribution in [1.82, 2.24) is 96.5 Å². The molecule has 6 aromatic carbocycles. The van der Waals surface area contributed by atoms with Crippen LogP contribution in [0.4, 0.5) is 34.8 Å². The highest BCUT2D eigenvalue weighted by Crippen LogP contribution is 2.40. The number of hydrogen-bond acceptors (Lipinski definition) is 21. The molecule has 4 aliphatic carbocycles. The van der Waals surface area contributed by atoms with E-state index < -0.39 is 42.6 Å². The van der Waals surface area contributed by atoms with Gasteiger partial charge in [0.05, 0.1) is 68.2 Å². The van der Waals surface area contributed by atoms with Gasteiger partial charge in [0, 0.05) is 115 Å². The van der Waals surface area contributed by atoms with Gasteiger partial charge >= 0.3 is 31.7 Å². The summed E-state index contributed by atoms with van der Waals surface area (Å²) in [6.45, 7) is -3.38. The number of nitrogens with one attached hydrogen (secondary N) is 1. The van der Waals surface area contributed by atoms with Crippen LogP contribution in [0.2, 0.25) is 15.1 Å². The van der Waals surface area contributed by atoms with Gasteiger partial charge in [-0.15, -0.1) is 15.3 Å². The average molecular weight is 1800 g/mol. The zero-order valence-electron chi connectivity index (χ0n) is 68.3. The molecule has 0 spiro atoms. The highest BCUT2D eigenvalue weighted by Gasteiger charge is 2.38. The normalized spacial score (nSPS) is 14.1. The third-order valence-corrected chi connectivity index (χ3v) is 23.2. The number of aryl methyl sites for hydroxylation is 6. The Labute approximate surface area is 732 Å². The van der Waals surface area contributed by atoms with E-state index in [0.29, 0.717) is 111 Å². The first-order valence-electron chi connectivity index (χ1n) is 40.1. The number of nitrogens with two attached hydrogens (primary N) is 1. The fraction of sp³-hybridized carbons (Fsp3) is 0.306. The molecule has 42 heteroatoms. The molecule has 0 saturated heterocycles. The number of fused-ring (bicyclic) bond motifs is 7. The van der Waals surface area contributed by atoms with Gasteiger partial charge in [0.25, 0.3) is 22.2 Å². The zero-order chi connectivity index (χ0) is 88.7. The number of aromatic nitrogens is 20. The number of alkyl halides is 4. The van der Waals surface area contributed by atoms with Gasteiger partial charge in [-0.05, 0) is 183 Å². The molecule has 10 aromatic heterocycles. The SMILES string of the molecule is C.Cn1cc2cc(-n3nc(N)c(NCC4CC4)c(Cl)c3=O)ccc2n1.Cn1cc2cc(-n3nc4c(c(-c5ccc(OC(F)F)cc5)c3=O)n(CC3CC3)c(=O)n4C)ccc2n1.Cn1cc2cc(-n3nc4c(c(Cl)c3=O)N(CC3CC3)C(=O)C4)ccc2n1.Cn1cc2cc(-n3nc4c(c(Cl)c3=O)n(CC3CC3)c(=O)n4C)ccc2n1.OB(O)c1ccc(OC(F)F)cc1. The summed E-state index contributed by atoms with van der Waals surface area (Å²) in [7, 11) is 9.02. The summed E-state index contributed by atoms with van der Waals surface area (Å²) < 4.78 is 75.1. The number of nitrogens with zero attached hydrogens (tertiary/aromatic N) is 21. The standard InChI is InChI=1S/C25H22F2N6O3.C18H17ClN6O2.C18H16ClN5O2.C16H17ClN6O.C7H7BF2O3.CH4/c1-30-13-16-11-17(7-10-19(16)28-30)33-23(34)20(15-5-8-18(9-6-15)36-24(26)27)21-22(29-33)31(2)25(35)32(21)12-14-3-4-14;1-22-9-11-7-12(5-6-13(11)20-22)25-17(26)14(19)15-16(21-25)23(2)18(27)24(15)8-10-3-4-10;1-22-9-11-6-12(4-5-13(11)20-22)24-18(26)16(19)17-14(21-24)7-15(25)23(17)8-10-2-3-10;1-22-8-10-6-11(4-5-12(10)20-22)23-16(24)13(17)14(15(18)21-23)19-7-9-2-3-9;9-7(10)13-6-3-1-5(2-4-6)8(11)12;/h5-11,13-14,24H,3-4,12H2,1-2H3;5-7,9-10H,3-4,8H2,1-2H3;4-6,9-10H,2-3,7-8H2,1H3;4-6,8-9,19H,2-3,7H2,1H3,(H2,18,21);1-4,7,11-12H;1H4. The Bertz CT molecular complexity index is 7380. The van der Waals surface area contributed by atoms with Crippen molar-refractivity contribution in [2.75, 3.05) is 29.0 Å². The van der Waals surface area contributed by atoms with Gasteiger partial charge in [-0.2, -0.15) is 61.8 Å². The van der Waals surface area contributed by atoms with Gasteiger partial charge in [-0.3, -0.25) is 61.0 Å². The lowest BCUT2D eigenvalue weighted by atomic mass is 9.80. The van der Waals surface area contributed by atoms with E-state index in [1.165, 1.54) is 77.1 Å². The number of hydrogen-bond donors (Lipinski definition) is 4. The van der Waals surface area contributed by atoms with E-state index in [0.717, 1.165) is 88.7 Å². The minimum Gasteiger partial charge on any atom is -0.435 e. The highest BCUT2D eigenvalue weighted by molar-refractivity contribution is 6.58. The van der Waals surface area contributed by atoms with Crippen molar-refractivity contribution in [2.45, 2.75) is 91.5 Å². The molecule has 34 nitrogen and oxygen atoms in total. The van der Waals surface area contributed by atoms with Crippen molar-refractivity contribution < 1.29 is 41.9 Å². The maximum absolute atomic E-state index is 14.0. The number of nitrogen functional groups attached to an aromatic ring is 1. The largest absolute Gasteiger partial charge is 0.488 e. The van der Waals surface area contributed by atoms with E-state index in [1.54, 1.807) is 89.3 Å². The van der Waals surface area contributed by atoms with Crippen LogP contribution in [0.15, 0.2) is 175 Å². The number of carbonyl (C=O) groups excluding carboxylic acids is 1. The van der Waals surface area contributed by atoms with Crippen LogP contribution in [0.3, 0.4) is 0 Å². The first kappa shape index (κ1) is 87.0. The number of rotatable bonds is 19. The maximum atomic E-state index is 14.0. The van der Waals surface area contributed by atoms with Crippen molar-refractivity contribution in [2.24, 2.45) is 66.0 Å². The van der Waals surface area contributed by atoms with Gasteiger partial charge in [-0.1, -0.05) is 66.5 Å². The number of carbonyl (C=O) groups is 1. The van der Waals surface area contributed by atoms with Crippen molar-refractivity contribution >= 4 is 136 Å². The predicted molar refractivity (Wildman–Crippen MR) is 474 cm³/mol. The Balaban J connectivity index is 0.000000120. The van der Waals surface area contributed by atoms with Crippen LogP contribution in [-0.4, -0.2) is 146 Å². The minimum atomic E-state index is -2.96. The van der Waals surface area contributed by atoms with E-state index in [2.05, 4.69) is 55.6 Å². The second kappa shape index (κ2) is 35.1. The molecule has 127 heavy (non-hydrogen) atoms. The Morgan fingerprint density at radius 2 is 0.843 bits per heavy atom. The fourth-order valence-electron chi connectivity index (χ4n) is 15.1. The van der Waals surface area contributed by atoms with Crippen LogP contribution >= 0.6 is 34.8 Å². The molecule has 656 valence electrons. The molecule has 4 fully saturated rings. The predicted octanol–water partition coefficient (Wildman–Crippen LogP) is 10.1. The molecule has 1 aliphatic heterocycles. The number of benzene rings is 6. The van der Waals surface area contributed by atoms with Crippen LogP contribution in [0.1, 0.15) is 64.5 Å². The molecule has 0 atom stereocenters. The first-order valence-corrected chi connectivity index (χ1v) is 41.3. The molecular formula is C85H83BCl3F4N23O11. The van der Waals surface area contributed by atoms with E-state index in [9.17, 15) is 51.1 Å². The van der Waals surface area contributed by atoms with E-state index in [4.69, 9.17) is 50.6 Å². The molecule has 1 amide bonds. The quantitative estimate of drug-likeness (QED) is 0.0432. The molecule has 5 N–H and O–H groups in total. The lowest BCUT2D eigenvalue weighted by Crippen LogP contribution is -2.30. The monoisotopic (exact) mass is 1790 g/mol. The minimum absolute atomic E-state index is 0. The summed E-state index contributed by atoms with van der Waals surface area (Å²) in [4.78, 5) is 92.2. The summed E-state index contributed by atoms with van der Waals surface area (Å²) in [6.07, 6.45) is 16.5. The second-order valence-corrected chi connectivity index (χ2v) is 32.9. The third kappa shape index (κ3) is 18.1. The average Bonchev–Trinajstić information content (AvgIpc) is 1.58. The number of halogens is 7. The smallest absolute Gasteiger partial charge is 0.435 e. The van der Waals surface area contributed by atoms with Crippen LogP contribution in [-0.2, 0) is 66.6 Å². The Hall–Kier alpha value is -13.5. The number of imidazole rings is 2. The Morgan fingerprint density at radius 1 is 0.465 bits per heavy atom. The number of anilines is 3. The van der Waals surface area contributed by atoms with Crippen LogP contribution in [0, 0.1) is 23.7 Å². The summed E-state index contributed by atoms with van der Waals surface area (Å²) in [5.74, 6) is 2.13. The van der Waals surface area contributed by atoms with Gasteiger partial charge in [0.1, 0.15) is 43.3 Å². The maximum Gasteiger partial charge on any atom is 0.488 e. The molecule has 0 bridgehead atoms. The van der Waals surface area contributed by atoms with Crippen LogP contribution in [0.25, 0.3) is 99.8 Å². The van der Waals surface area contributed by atoms with Crippen LogP contribution in [0.5, 0.6) is 11.5 Å². The van der Waals surface area contributed by atoms with Gasteiger partial charge in [0.15, 0.2) is 17.1 Å². The van der Waals surface area contributed by atoms with Crippen molar-refractivity contribution in [1.29, 1.82) is 0 Å². The number of ether oxygens (including phenoxy) is 2. The van der Waals surface area contributed by atoms with Gasteiger partial charge in [0.2, 0.25) is 5.91 Å². The molecule has 21 rings (SSSR count). The molecular weight excluding hydrogens is 1710 g/mol. The summed E-state index contributed by atoms with van der Waals surface area (Å²) in [5.41, 5.74) is 13.5. The second-order valence-electron chi connectivity index (χ2n) is 31.7. The molecule has 0 unspecified atom stereocenters. The first-order chi connectivity index (χ1) is 60.4. The van der Waals surface area contributed by atoms with E-state index >= 15 is 0 Å². The van der Waals surface area contributed by atoms with E-state index in [-0.39, 0.29) is 74.5 Å². The molecule has 4 saturated carbocycles. The fourth-order valence-corrected chi connectivity index (χ4v) is 15.9. The summed E-state index contributed by atoms with van der Waals surface area (Å²) >= 11 is 19.1. The lowest BCUT2D eigenvalue weighted by molar-refractivity contribution is -0.117. The zero-order valence-corrected chi connectivity index (χ0v) is 70.5. The third-order valence-electron chi connectivity index (χ3n) is 22.1. The summed E-state index contributed by atoms with van der Waals surface area (Å²) in [6, 6.07) is 32.6.